The van der Waals surface area contributed by atoms with Gasteiger partial charge in [-0.3, -0.25) is 9.89 Å². The first kappa shape index (κ1) is 20.2. The molecule has 9 heteroatoms. The third kappa shape index (κ3) is 6.58. The van der Waals surface area contributed by atoms with Gasteiger partial charge in [-0.2, -0.15) is 0 Å². The minimum atomic E-state index is -2.97. The number of rotatable bonds is 8. The summed E-state index contributed by atoms with van der Waals surface area (Å²) in [6, 6.07) is 4.47. The average Bonchev–Trinajstić information content (AvgIpc) is 3.15. The molecule has 142 valence electrons. The van der Waals surface area contributed by atoms with Gasteiger partial charge in [0.1, 0.15) is 0 Å². The number of thiophene rings is 1. The summed E-state index contributed by atoms with van der Waals surface area (Å²) in [6.07, 6.45) is 0. The molecule has 0 spiro atoms. The molecule has 0 aliphatic carbocycles. The van der Waals surface area contributed by atoms with Gasteiger partial charge in [0.25, 0.3) is 0 Å². The van der Waals surface area contributed by atoms with E-state index in [9.17, 15) is 8.42 Å². The Hall–Kier alpha value is -1.16. The second-order valence-electron chi connectivity index (χ2n) is 5.80. The third-order valence-electron chi connectivity index (χ3n) is 4.19. The van der Waals surface area contributed by atoms with Crippen LogP contribution in [-0.4, -0.2) is 77.2 Å². The number of guanidine groups is 1. The molecular weight excluding hydrogens is 360 g/mol. The zero-order valence-electron chi connectivity index (χ0n) is 14.9. The Bertz CT molecular complexity index is 626. The summed E-state index contributed by atoms with van der Waals surface area (Å²) in [5.41, 5.74) is 0. The van der Waals surface area contributed by atoms with Crippen LogP contribution in [0.15, 0.2) is 22.5 Å². The average molecular weight is 389 g/mol. The Morgan fingerprint density at radius 2 is 2.16 bits per heavy atom. The van der Waals surface area contributed by atoms with E-state index in [0.29, 0.717) is 19.0 Å². The number of aliphatic imine (C=N–C) groups is 1. The van der Waals surface area contributed by atoms with Gasteiger partial charge in [-0.1, -0.05) is 13.0 Å². The van der Waals surface area contributed by atoms with Crippen molar-refractivity contribution in [2.75, 3.05) is 57.9 Å². The largest absolute Gasteiger partial charge is 0.379 e. The van der Waals surface area contributed by atoms with Gasteiger partial charge < -0.3 is 15.4 Å². The molecule has 1 aliphatic heterocycles. The van der Waals surface area contributed by atoms with Gasteiger partial charge in [0.05, 0.1) is 25.0 Å². The lowest BCUT2D eigenvalue weighted by molar-refractivity contribution is 0.0177. The van der Waals surface area contributed by atoms with Crippen LogP contribution in [0.3, 0.4) is 0 Å². The highest BCUT2D eigenvalue weighted by Gasteiger charge is 2.23. The first-order valence-electron chi connectivity index (χ1n) is 8.56. The summed E-state index contributed by atoms with van der Waals surface area (Å²) < 4.78 is 28.6. The lowest BCUT2D eigenvalue weighted by Crippen LogP contribution is -2.46. The molecule has 0 radical (unpaired) electrons. The maximum atomic E-state index is 11.6. The van der Waals surface area contributed by atoms with Crippen molar-refractivity contribution in [1.29, 1.82) is 0 Å². The molecule has 2 N–H and O–H groups in total. The van der Waals surface area contributed by atoms with Crippen molar-refractivity contribution in [3.05, 3.63) is 22.4 Å². The first-order valence-corrected chi connectivity index (χ1v) is 11.3. The maximum Gasteiger partial charge on any atom is 0.191 e. The van der Waals surface area contributed by atoms with Crippen LogP contribution in [0.2, 0.25) is 0 Å². The fourth-order valence-corrected chi connectivity index (χ4v) is 4.23. The predicted octanol–water partition coefficient (Wildman–Crippen LogP) is 0.721. The van der Waals surface area contributed by atoms with Crippen molar-refractivity contribution in [2.24, 2.45) is 4.99 Å². The zero-order valence-corrected chi connectivity index (χ0v) is 16.5. The SMILES string of the molecule is CCS(=O)(=O)CCNC(=NC)NCC(c1cccs1)N1CCOCC1. The molecule has 1 aliphatic rings. The molecular formula is C16H28N4O3S2. The Kier molecular flexibility index (Phi) is 8.14. The van der Waals surface area contributed by atoms with Gasteiger partial charge in [0, 0.05) is 43.9 Å². The number of ether oxygens (including phenoxy) is 1. The molecule has 0 aromatic carbocycles. The van der Waals surface area contributed by atoms with Gasteiger partial charge in [0.15, 0.2) is 15.8 Å². The van der Waals surface area contributed by atoms with Crippen molar-refractivity contribution in [3.8, 4) is 0 Å². The molecule has 2 rings (SSSR count). The number of nitrogens with one attached hydrogen (secondary N) is 2. The molecule has 1 unspecified atom stereocenters. The monoisotopic (exact) mass is 388 g/mol. The van der Waals surface area contributed by atoms with Crippen molar-refractivity contribution in [3.63, 3.8) is 0 Å². The Balaban J connectivity index is 1.89. The minimum Gasteiger partial charge on any atom is -0.379 e. The second kappa shape index (κ2) is 10.1. The standard InChI is InChI=1S/C16H28N4O3S2/c1-3-25(21,22)12-6-18-16(17-2)19-13-14(15-5-4-11-24-15)20-7-9-23-10-8-20/h4-5,11,14H,3,6-10,12-13H2,1-2H3,(H2,17,18,19). The van der Waals surface area contributed by atoms with Crippen molar-refractivity contribution in [2.45, 2.75) is 13.0 Å². The van der Waals surface area contributed by atoms with Crippen LogP contribution < -0.4 is 10.6 Å². The zero-order chi connectivity index (χ0) is 18.1. The molecule has 1 aromatic heterocycles. The number of sulfone groups is 1. The predicted molar refractivity (Wildman–Crippen MR) is 103 cm³/mol. The molecule has 25 heavy (non-hydrogen) atoms. The summed E-state index contributed by atoms with van der Waals surface area (Å²) in [4.78, 5) is 7.91. The third-order valence-corrected chi connectivity index (χ3v) is 6.87. The molecule has 0 saturated carbocycles. The fraction of sp³-hybridized carbons (Fsp3) is 0.688. The molecule has 1 aromatic rings. The van der Waals surface area contributed by atoms with Crippen LogP contribution in [-0.2, 0) is 14.6 Å². The Morgan fingerprint density at radius 3 is 2.76 bits per heavy atom. The van der Waals surface area contributed by atoms with E-state index in [1.165, 1.54) is 4.88 Å². The van der Waals surface area contributed by atoms with Crippen LogP contribution in [0.25, 0.3) is 0 Å². The van der Waals surface area contributed by atoms with E-state index in [1.807, 2.05) is 0 Å². The van der Waals surface area contributed by atoms with Crippen LogP contribution in [0, 0.1) is 0 Å². The molecule has 0 bridgehead atoms. The quantitative estimate of drug-likeness (QED) is 0.504. The topological polar surface area (TPSA) is 83.0 Å². The lowest BCUT2D eigenvalue weighted by Gasteiger charge is -2.34. The van der Waals surface area contributed by atoms with Crippen LogP contribution in [0.5, 0.6) is 0 Å². The van der Waals surface area contributed by atoms with E-state index < -0.39 is 9.84 Å². The molecule has 1 atom stereocenters. The van der Waals surface area contributed by atoms with Crippen molar-refractivity contribution in [1.82, 2.24) is 15.5 Å². The number of nitrogens with zero attached hydrogens (tertiary/aromatic N) is 2. The van der Waals surface area contributed by atoms with E-state index in [-0.39, 0.29) is 17.5 Å². The van der Waals surface area contributed by atoms with Gasteiger partial charge >= 0.3 is 0 Å². The van der Waals surface area contributed by atoms with Gasteiger partial charge in [-0.25, -0.2) is 8.42 Å². The Morgan fingerprint density at radius 1 is 1.40 bits per heavy atom. The van der Waals surface area contributed by atoms with E-state index in [4.69, 9.17) is 4.74 Å². The van der Waals surface area contributed by atoms with E-state index in [2.05, 4.69) is 38.0 Å². The number of hydrogen-bond acceptors (Lipinski definition) is 6. The van der Waals surface area contributed by atoms with Gasteiger partial charge in [0.2, 0.25) is 0 Å². The van der Waals surface area contributed by atoms with Crippen LogP contribution in [0.4, 0.5) is 0 Å². The molecule has 1 saturated heterocycles. The smallest absolute Gasteiger partial charge is 0.191 e. The highest BCUT2D eigenvalue weighted by atomic mass is 32.2. The van der Waals surface area contributed by atoms with Crippen molar-refractivity contribution >= 4 is 27.1 Å². The highest BCUT2D eigenvalue weighted by Crippen LogP contribution is 2.25. The van der Waals surface area contributed by atoms with Crippen LogP contribution >= 0.6 is 11.3 Å². The molecule has 1 fully saturated rings. The number of morpholine rings is 1. The molecule has 0 amide bonds. The lowest BCUT2D eigenvalue weighted by atomic mass is 10.2. The first-order chi connectivity index (χ1) is 12.1. The Labute approximate surface area is 154 Å². The van der Waals surface area contributed by atoms with Gasteiger partial charge in [-0.15, -0.1) is 11.3 Å². The second-order valence-corrected chi connectivity index (χ2v) is 9.25. The van der Waals surface area contributed by atoms with E-state index in [1.54, 1.807) is 25.3 Å². The van der Waals surface area contributed by atoms with E-state index in [0.717, 1.165) is 26.3 Å². The summed E-state index contributed by atoms with van der Waals surface area (Å²) in [7, 11) is -1.28. The van der Waals surface area contributed by atoms with Crippen molar-refractivity contribution < 1.29 is 13.2 Å². The molecule has 2 heterocycles. The fourth-order valence-electron chi connectivity index (χ4n) is 2.66. The summed E-state index contributed by atoms with van der Waals surface area (Å²) in [6.45, 7) is 6.05. The normalized spacial score (nSPS) is 18.1. The van der Waals surface area contributed by atoms with Crippen LogP contribution in [0.1, 0.15) is 17.8 Å². The summed E-state index contributed by atoms with van der Waals surface area (Å²) >= 11 is 1.75. The van der Waals surface area contributed by atoms with Gasteiger partial charge in [-0.05, 0) is 11.4 Å². The summed E-state index contributed by atoms with van der Waals surface area (Å²) in [5.74, 6) is 0.904. The van der Waals surface area contributed by atoms with E-state index >= 15 is 0 Å². The summed E-state index contributed by atoms with van der Waals surface area (Å²) in [5, 5.41) is 8.50. The highest BCUT2D eigenvalue weighted by molar-refractivity contribution is 7.91. The minimum absolute atomic E-state index is 0.113. The maximum absolute atomic E-state index is 11.6. The number of hydrogen-bond donors (Lipinski definition) is 2. The molecule has 7 nitrogen and oxygen atoms in total.